The Morgan fingerprint density at radius 3 is 1.51 bits per heavy atom. The van der Waals surface area contributed by atoms with Gasteiger partial charge in [-0.1, -0.05) is 145 Å². The zero-order valence-electron chi connectivity index (χ0n) is 31.4. The van der Waals surface area contributed by atoms with Crippen LogP contribution in [0.3, 0.4) is 0 Å². The van der Waals surface area contributed by atoms with Crippen molar-refractivity contribution in [2.45, 2.75) is 0 Å². The smallest absolute Gasteiger partial charge is 0.143 e. The Morgan fingerprint density at radius 1 is 0.385 bits per heavy atom. The molecule has 0 unspecified atom stereocenters. The molecule has 1 heteroatoms. The van der Waals surface area contributed by atoms with Crippen LogP contribution in [0.1, 0.15) is 15.1 Å². The molecule has 0 radical (unpaired) electrons. The summed E-state index contributed by atoms with van der Waals surface area (Å²) in [6.07, 6.45) is 0. The van der Waals surface area contributed by atoms with E-state index in [1.807, 2.05) is 78.9 Å². The van der Waals surface area contributed by atoms with Gasteiger partial charge < -0.3 is 4.42 Å². The average Bonchev–Trinajstić information content (AvgIpc) is 3.53. The maximum absolute atomic E-state index is 9.28. The Bertz CT molecular complexity index is 2680. The quantitative estimate of drug-likeness (QED) is 0.217. The molecule has 1 heterocycles. The van der Waals surface area contributed by atoms with E-state index in [0.29, 0.717) is 5.56 Å². The van der Waals surface area contributed by atoms with Crippen molar-refractivity contribution in [2.24, 2.45) is 0 Å². The van der Waals surface area contributed by atoms with Crippen LogP contribution >= 0.6 is 0 Å². The molecule has 0 atom stereocenters. The van der Waals surface area contributed by atoms with Crippen LogP contribution < -0.4 is 0 Å². The molecule has 7 aromatic carbocycles. The number of para-hydroxylation sites is 2. The van der Waals surface area contributed by atoms with Gasteiger partial charge in [0.1, 0.15) is 11.2 Å². The van der Waals surface area contributed by atoms with Crippen molar-refractivity contribution >= 4 is 43.5 Å². The maximum Gasteiger partial charge on any atom is 0.143 e. The second-order valence-electron chi connectivity index (χ2n) is 9.22. The molecule has 1 nitrogen and oxygen atoms in total. The summed E-state index contributed by atoms with van der Waals surface area (Å²) in [6, 6.07) is 19.2. The summed E-state index contributed by atoms with van der Waals surface area (Å²) in [4.78, 5) is 0. The molecule has 8 aromatic rings. The molecule has 0 bridgehead atoms. The van der Waals surface area contributed by atoms with Gasteiger partial charge in [-0.05, 0) is 38.2 Å². The Labute approximate surface area is 242 Å². The first-order valence-electron chi connectivity index (χ1n) is 18.0. The van der Waals surface area contributed by atoms with Gasteiger partial charge >= 0.3 is 0 Å². The van der Waals surface area contributed by atoms with Crippen LogP contribution in [0.25, 0.3) is 76.9 Å². The van der Waals surface area contributed by atoms with E-state index in [1.165, 1.54) is 0 Å². The van der Waals surface area contributed by atoms with E-state index in [2.05, 4.69) is 0 Å². The third-order valence-corrected chi connectivity index (χ3v) is 7.11. The third kappa shape index (κ3) is 3.34. The van der Waals surface area contributed by atoms with Crippen LogP contribution in [0.4, 0.5) is 0 Å². The van der Waals surface area contributed by atoms with Crippen LogP contribution in [-0.4, -0.2) is 0 Å². The molecule has 0 spiro atoms. The Balaban J connectivity index is 1.62. The van der Waals surface area contributed by atoms with Crippen molar-refractivity contribution in [1.82, 2.24) is 0 Å². The van der Waals surface area contributed by atoms with E-state index in [9.17, 15) is 1.37 Å². The van der Waals surface area contributed by atoms with Crippen molar-refractivity contribution in [3.8, 4) is 33.4 Å². The normalized spacial score (nSPS) is 15.5. The predicted octanol–water partition coefficient (Wildman–Crippen LogP) is 10.9. The summed E-state index contributed by atoms with van der Waals surface area (Å²) in [5.74, 6) is 0. The summed E-state index contributed by atoms with van der Waals surface area (Å²) in [6.45, 7) is 0. The van der Waals surface area contributed by atoms with Crippen molar-refractivity contribution in [3.63, 3.8) is 0 Å². The molecule has 0 aliphatic heterocycles. The van der Waals surface area contributed by atoms with Gasteiger partial charge in [0, 0.05) is 27.5 Å². The Kier molecular flexibility index (Phi) is 3.04. The highest BCUT2D eigenvalue weighted by atomic mass is 16.3. The largest absolute Gasteiger partial charge is 0.455 e. The zero-order chi connectivity index (χ0) is 35.3. The van der Waals surface area contributed by atoms with Crippen molar-refractivity contribution in [3.05, 3.63) is 145 Å². The number of hydrogen-bond donors (Lipinski definition) is 0. The van der Waals surface area contributed by atoms with E-state index in [1.54, 1.807) is 0 Å². The lowest BCUT2D eigenvalue weighted by molar-refractivity contribution is 0.671. The predicted molar refractivity (Wildman–Crippen MR) is 165 cm³/mol. The van der Waals surface area contributed by atoms with Crippen LogP contribution in [0.15, 0.2) is 150 Å². The molecular formula is C38H24O. The first kappa shape index (κ1) is 13.6. The summed E-state index contributed by atoms with van der Waals surface area (Å²) < 4.78 is 102. The molecule has 8 rings (SSSR count). The molecule has 1 aromatic heterocycles. The Hall–Kier alpha value is -5.14. The minimum Gasteiger partial charge on any atom is -0.455 e. The van der Waals surface area contributed by atoms with Crippen LogP contribution in [0.2, 0.25) is 0 Å². The molecular weight excluding hydrogens is 472 g/mol. The maximum atomic E-state index is 9.28. The Morgan fingerprint density at radius 2 is 0.897 bits per heavy atom. The number of hydrogen-bond acceptors (Lipinski definition) is 1. The van der Waals surface area contributed by atoms with Gasteiger partial charge in [-0.3, -0.25) is 0 Å². The standard InChI is InChI=1S/C38H24O/c1-3-13-25(14-4-1)27-21-11-22-32-33-23-12-24-34(38(33)39-37(27)32)36-30-19-9-7-17-28(30)35(26-15-5-2-6-16-26)29-18-8-10-20-31(29)36/h1-24H/i1D,3D,4D,11D,12D,13D,14D,21D,22D,23D,24D. The number of benzene rings is 7. The molecule has 0 saturated carbocycles. The molecule has 39 heavy (non-hydrogen) atoms. The van der Waals surface area contributed by atoms with Gasteiger partial charge in [0.25, 0.3) is 0 Å². The fourth-order valence-corrected chi connectivity index (χ4v) is 5.49. The second kappa shape index (κ2) is 8.72. The molecule has 0 aliphatic rings. The summed E-state index contributed by atoms with van der Waals surface area (Å²) in [5.41, 5.74) is 1.69. The second-order valence-corrected chi connectivity index (χ2v) is 9.22. The van der Waals surface area contributed by atoms with Crippen molar-refractivity contribution in [1.29, 1.82) is 0 Å². The van der Waals surface area contributed by atoms with Gasteiger partial charge in [0.05, 0.1) is 15.1 Å². The first-order chi connectivity index (χ1) is 24.0. The lowest BCUT2D eigenvalue weighted by atomic mass is 9.85. The molecule has 0 aliphatic carbocycles. The monoisotopic (exact) mass is 507 g/mol. The van der Waals surface area contributed by atoms with Gasteiger partial charge in [-0.15, -0.1) is 0 Å². The third-order valence-electron chi connectivity index (χ3n) is 7.11. The van der Waals surface area contributed by atoms with E-state index in [0.717, 1.165) is 32.7 Å². The first-order valence-corrected chi connectivity index (χ1v) is 12.5. The molecule has 182 valence electrons. The van der Waals surface area contributed by atoms with Crippen LogP contribution in [0, 0.1) is 0 Å². The molecule has 0 saturated heterocycles. The number of fused-ring (bicyclic) bond motifs is 5. The topological polar surface area (TPSA) is 13.1 Å². The van der Waals surface area contributed by atoms with E-state index < -0.39 is 60.4 Å². The molecule has 0 N–H and O–H groups in total. The summed E-state index contributed by atoms with van der Waals surface area (Å²) in [5, 5.41) is 3.04. The number of rotatable bonds is 3. The van der Waals surface area contributed by atoms with Crippen LogP contribution in [-0.2, 0) is 0 Å². The molecule has 0 fully saturated rings. The average molecular weight is 508 g/mol. The zero-order valence-corrected chi connectivity index (χ0v) is 20.4. The minimum absolute atomic E-state index is 0.0385. The fourth-order valence-electron chi connectivity index (χ4n) is 5.49. The minimum atomic E-state index is -0.647. The lowest BCUT2D eigenvalue weighted by Gasteiger charge is -2.17. The van der Waals surface area contributed by atoms with Gasteiger partial charge in [-0.25, -0.2) is 0 Å². The van der Waals surface area contributed by atoms with Crippen molar-refractivity contribution in [2.75, 3.05) is 0 Å². The van der Waals surface area contributed by atoms with E-state index in [4.69, 9.17) is 18.1 Å². The lowest BCUT2D eigenvalue weighted by Crippen LogP contribution is -1.90. The summed E-state index contributed by atoms with van der Waals surface area (Å²) in [7, 11) is 0. The van der Waals surface area contributed by atoms with Crippen LogP contribution in [0.5, 0.6) is 0 Å². The molecule has 0 amide bonds. The van der Waals surface area contributed by atoms with Gasteiger partial charge in [0.15, 0.2) is 0 Å². The van der Waals surface area contributed by atoms with Gasteiger partial charge in [-0.2, -0.15) is 0 Å². The van der Waals surface area contributed by atoms with Gasteiger partial charge in [0.2, 0.25) is 0 Å². The summed E-state index contributed by atoms with van der Waals surface area (Å²) >= 11 is 0. The SMILES string of the molecule is [2H]c1c([2H])c([2H])c(-c2c([2H])c([2H])c([2H])c3c2oc2c(-c4c5ccccc5c(-c5ccccc5)c5ccccc45)c([2H])c([2H])c([2H])c23)c([2H])c1[2H]. The highest BCUT2D eigenvalue weighted by molar-refractivity contribution is 6.24. The van der Waals surface area contributed by atoms with Crippen molar-refractivity contribution < 1.29 is 19.5 Å². The fraction of sp³-hybridized carbons (Fsp3) is 0. The van der Waals surface area contributed by atoms with E-state index >= 15 is 0 Å². The highest BCUT2D eigenvalue weighted by Crippen LogP contribution is 2.47. The highest BCUT2D eigenvalue weighted by Gasteiger charge is 2.20. The number of furan rings is 1. The van der Waals surface area contributed by atoms with E-state index in [-0.39, 0.29) is 44.7 Å².